The highest BCUT2D eigenvalue weighted by Gasteiger charge is 2.01. The van der Waals surface area contributed by atoms with Gasteiger partial charge in [0.05, 0.1) is 25.3 Å². The van der Waals surface area contributed by atoms with Crippen LogP contribution in [0, 0.1) is 0 Å². The van der Waals surface area contributed by atoms with E-state index in [0.717, 1.165) is 0 Å². The molecule has 0 saturated carbocycles. The van der Waals surface area contributed by atoms with E-state index in [9.17, 15) is 9.18 Å². The van der Waals surface area contributed by atoms with E-state index in [0.29, 0.717) is 12.3 Å². The van der Waals surface area contributed by atoms with E-state index >= 15 is 0 Å². The highest BCUT2D eigenvalue weighted by atomic mass is 19.1. The number of hydrogen-bond donors (Lipinski definition) is 1. The molecule has 0 atom stereocenters. The number of carbonyl (C=O) groups excluding carboxylic acids is 1. The topological polar surface area (TPSA) is 64.7 Å². The van der Waals surface area contributed by atoms with Gasteiger partial charge in [-0.3, -0.25) is 9.79 Å². The number of aliphatic imine (C=N–C) groups is 1. The molecule has 0 fully saturated rings. The van der Waals surface area contributed by atoms with Crippen LogP contribution in [0.3, 0.4) is 0 Å². The molecule has 5 heteroatoms. The molecule has 0 aromatic carbocycles. The van der Waals surface area contributed by atoms with Gasteiger partial charge in [-0.25, -0.2) is 4.39 Å². The van der Waals surface area contributed by atoms with Crippen molar-refractivity contribution in [2.75, 3.05) is 13.7 Å². The lowest BCUT2D eigenvalue weighted by Gasteiger charge is -1.98. The van der Waals surface area contributed by atoms with Crippen molar-refractivity contribution in [1.29, 1.82) is 0 Å². The summed E-state index contributed by atoms with van der Waals surface area (Å²) < 4.78 is 17.4. The van der Waals surface area contributed by atoms with Crippen LogP contribution in [0.15, 0.2) is 16.9 Å². The van der Waals surface area contributed by atoms with Gasteiger partial charge < -0.3 is 10.5 Å². The number of carbonyl (C=O) groups is 1. The molecule has 0 radical (unpaired) electrons. The maximum absolute atomic E-state index is 13.0. The average Bonchev–Trinajstić information content (AvgIpc) is 2.17. The molecular weight excluding hydrogens is 199 g/mol. The minimum atomic E-state index is -0.321. The van der Waals surface area contributed by atoms with E-state index < -0.39 is 0 Å². The number of hydrogen-bond acceptors (Lipinski definition) is 3. The normalized spacial score (nSPS) is 12.7. The lowest BCUT2D eigenvalue weighted by molar-refractivity contribution is -0.140. The van der Waals surface area contributed by atoms with Crippen molar-refractivity contribution in [2.24, 2.45) is 10.7 Å². The fourth-order valence-corrected chi connectivity index (χ4v) is 0.894. The second-order valence-electron chi connectivity index (χ2n) is 3.06. The Morgan fingerprint density at radius 1 is 1.53 bits per heavy atom. The van der Waals surface area contributed by atoms with Crippen molar-refractivity contribution in [3.63, 3.8) is 0 Å². The Kier molecular flexibility index (Phi) is 7.23. The Hall–Kier alpha value is -1.39. The van der Waals surface area contributed by atoms with Gasteiger partial charge in [0.15, 0.2) is 0 Å². The monoisotopic (exact) mass is 216 g/mol. The van der Waals surface area contributed by atoms with Crippen molar-refractivity contribution < 1.29 is 13.9 Å². The minimum Gasteiger partial charge on any atom is -0.469 e. The van der Waals surface area contributed by atoms with Crippen molar-refractivity contribution in [1.82, 2.24) is 0 Å². The molecule has 0 amide bonds. The smallest absolute Gasteiger partial charge is 0.305 e. The third-order valence-electron chi connectivity index (χ3n) is 1.68. The van der Waals surface area contributed by atoms with Crippen LogP contribution in [0.4, 0.5) is 4.39 Å². The number of esters is 1. The van der Waals surface area contributed by atoms with Gasteiger partial charge in [-0.1, -0.05) is 0 Å². The fraction of sp³-hybridized carbons (Fsp3) is 0.600. The zero-order valence-electron chi connectivity index (χ0n) is 9.12. The number of halogens is 1. The highest BCUT2D eigenvalue weighted by Crippen LogP contribution is 2.08. The maximum atomic E-state index is 13.0. The number of ether oxygens (including phenoxy) is 1. The number of rotatable bonds is 6. The Labute approximate surface area is 89.0 Å². The molecule has 0 aliphatic heterocycles. The quantitative estimate of drug-likeness (QED) is 0.416. The standard InChI is InChI=1S/C10H17FN2O2/c1-8(12)13-7-6-9(11)4-3-5-10(14)15-2/h6H,3-5,7H2,1-2H3,(H2,12,13)/b9-6+. The second kappa shape index (κ2) is 7.96. The molecular formula is C10H17FN2O2. The van der Waals surface area contributed by atoms with Gasteiger partial charge >= 0.3 is 5.97 Å². The summed E-state index contributed by atoms with van der Waals surface area (Å²) in [5, 5.41) is 0. The third kappa shape index (κ3) is 8.93. The van der Waals surface area contributed by atoms with Gasteiger partial charge in [-0.05, 0) is 25.8 Å². The van der Waals surface area contributed by atoms with Gasteiger partial charge in [-0.2, -0.15) is 0 Å². The van der Waals surface area contributed by atoms with Gasteiger partial charge in [0.1, 0.15) is 0 Å². The van der Waals surface area contributed by atoms with Crippen LogP contribution in [0.2, 0.25) is 0 Å². The van der Waals surface area contributed by atoms with Crippen LogP contribution < -0.4 is 5.73 Å². The average molecular weight is 216 g/mol. The predicted octanol–water partition coefficient (Wildman–Crippen LogP) is 1.56. The van der Waals surface area contributed by atoms with Gasteiger partial charge in [-0.15, -0.1) is 0 Å². The van der Waals surface area contributed by atoms with Gasteiger partial charge in [0, 0.05) is 6.42 Å². The Morgan fingerprint density at radius 2 is 2.20 bits per heavy atom. The van der Waals surface area contributed by atoms with Crippen LogP contribution in [0.5, 0.6) is 0 Å². The Balaban J connectivity index is 3.69. The van der Waals surface area contributed by atoms with Crippen LogP contribution in [-0.4, -0.2) is 25.5 Å². The van der Waals surface area contributed by atoms with Crippen LogP contribution >= 0.6 is 0 Å². The second-order valence-corrected chi connectivity index (χ2v) is 3.06. The van der Waals surface area contributed by atoms with Crippen LogP contribution in [0.1, 0.15) is 26.2 Å². The predicted molar refractivity (Wildman–Crippen MR) is 57.2 cm³/mol. The van der Waals surface area contributed by atoms with E-state index in [-0.39, 0.29) is 31.2 Å². The lowest BCUT2D eigenvalue weighted by Crippen LogP contribution is -2.05. The molecule has 0 aliphatic carbocycles. The van der Waals surface area contributed by atoms with E-state index in [1.165, 1.54) is 13.2 Å². The summed E-state index contributed by atoms with van der Waals surface area (Å²) in [7, 11) is 1.31. The molecule has 0 rings (SSSR count). The zero-order chi connectivity index (χ0) is 11.7. The first-order valence-corrected chi connectivity index (χ1v) is 4.74. The summed E-state index contributed by atoms with van der Waals surface area (Å²) >= 11 is 0. The zero-order valence-corrected chi connectivity index (χ0v) is 9.12. The summed E-state index contributed by atoms with van der Waals surface area (Å²) in [5.74, 6) is -0.170. The first-order valence-electron chi connectivity index (χ1n) is 4.74. The molecule has 0 spiro atoms. The molecule has 4 nitrogen and oxygen atoms in total. The van der Waals surface area contributed by atoms with E-state index in [2.05, 4.69) is 9.73 Å². The molecule has 0 unspecified atom stereocenters. The molecule has 0 aromatic heterocycles. The maximum Gasteiger partial charge on any atom is 0.305 e. The van der Waals surface area contributed by atoms with Crippen LogP contribution in [0.25, 0.3) is 0 Å². The lowest BCUT2D eigenvalue weighted by atomic mass is 10.2. The summed E-state index contributed by atoms with van der Waals surface area (Å²) in [6, 6.07) is 0. The minimum absolute atomic E-state index is 0.230. The highest BCUT2D eigenvalue weighted by molar-refractivity contribution is 5.77. The summed E-state index contributed by atoms with van der Waals surface area (Å²) in [4.78, 5) is 14.5. The Morgan fingerprint density at radius 3 is 2.73 bits per heavy atom. The van der Waals surface area contributed by atoms with Crippen molar-refractivity contribution in [2.45, 2.75) is 26.2 Å². The van der Waals surface area contributed by atoms with Crippen LogP contribution in [-0.2, 0) is 9.53 Å². The summed E-state index contributed by atoms with van der Waals surface area (Å²) in [6.45, 7) is 1.88. The largest absolute Gasteiger partial charge is 0.469 e. The summed E-state index contributed by atoms with van der Waals surface area (Å²) in [6.07, 6.45) is 2.26. The van der Waals surface area contributed by atoms with E-state index in [1.807, 2.05) is 0 Å². The molecule has 0 aliphatic rings. The first-order chi connectivity index (χ1) is 7.06. The molecule has 86 valence electrons. The third-order valence-corrected chi connectivity index (χ3v) is 1.68. The molecule has 2 N–H and O–H groups in total. The van der Waals surface area contributed by atoms with E-state index in [4.69, 9.17) is 5.73 Å². The SMILES string of the molecule is COC(=O)CCC/C(F)=C\CN=C(C)N. The fourth-order valence-electron chi connectivity index (χ4n) is 0.894. The molecule has 15 heavy (non-hydrogen) atoms. The number of allylic oxidation sites excluding steroid dienone is 1. The molecule has 0 heterocycles. The Bertz CT molecular complexity index is 258. The number of methoxy groups -OCH3 is 1. The number of nitrogens with two attached hydrogens (primary N) is 1. The van der Waals surface area contributed by atoms with E-state index in [1.54, 1.807) is 6.92 Å². The number of amidine groups is 1. The van der Waals surface area contributed by atoms with Crippen molar-refractivity contribution >= 4 is 11.8 Å². The van der Waals surface area contributed by atoms with Crippen molar-refractivity contribution in [3.05, 3.63) is 11.9 Å². The van der Waals surface area contributed by atoms with Gasteiger partial charge in [0.2, 0.25) is 0 Å². The van der Waals surface area contributed by atoms with Crippen molar-refractivity contribution in [3.8, 4) is 0 Å². The first kappa shape index (κ1) is 13.6. The van der Waals surface area contributed by atoms with Gasteiger partial charge in [0.25, 0.3) is 0 Å². The molecule has 0 bridgehead atoms. The molecule has 0 aromatic rings. The molecule has 0 saturated heterocycles. The summed E-state index contributed by atoms with van der Waals surface area (Å²) in [5.41, 5.74) is 5.27. The number of nitrogens with zero attached hydrogens (tertiary/aromatic N) is 1.